The highest BCUT2D eigenvalue weighted by atomic mass is 16.5. The number of rotatable bonds is 6. The maximum atomic E-state index is 5.97. The van der Waals surface area contributed by atoms with Gasteiger partial charge in [-0.25, -0.2) is 0 Å². The van der Waals surface area contributed by atoms with Gasteiger partial charge in [-0.05, 0) is 58.2 Å². The molecule has 1 saturated heterocycles. The third kappa shape index (κ3) is 6.58. The van der Waals surface area contributed by atoms with E-state index in [9.17, 15) is 0 Å². The first-order valence-corrected chi connectivity index (χ1v) is 9.42. The Morgan fingerprint density at radius 1 is 1.28 bits per heavy atom. The van der Waals surface area contributed by atoms with Gasteiger partial charge >= 0.3 is 0 Å². The van der Waals surface area contributed by atoms with Gasteiger partial charge in [0.05, 0.1) is 6.54 Å². The molecule has 0 saturated carbocycles. The zero-order valence-corrected chi connectivity index (χ0v) is 16.4. The highest BCUT2D eigenvalue weighted by Crippen LogP contribution is 2.14. The quantitative estimate of drug-likeness (QED) is 0.614. The highest BCUT2D eigenvalue weighted by molar-refractivity contribution is 5.80. The summed E-state index contributed by atoms with van der Waals surface area (Å²) in [6, 6.07) is 9.29. The highest BCUT2D eigenvalue weighted by Gasteiger charge is 2.21. The zero-order chi connectivity index (χ0) is 18.2. The molecule has 0 aliphatic carbocycles. The van der Waals surface area contributed by atoms with Gasteiger partial charge in [-0.15, -0.1) is 0 Å². The molecule has 0 spiro atoms. The van der Waals surface area contributed by atoms with Crippen LogP contribution in [0.2, 0.25) is 0 Å². The summed E-state index contributed by atoms with van der Waals surface area (Å²) < 4.78 is 5.97. The van der Waals surface area contributed by atoms with Gasteiger partial charge in [0.15, 0.2) is 5.96 Å². The lowest BCUT2D eigenvalue weighted by molar-refractivity contribution is 0.167. The van der Waals surface area contributed by atoms with Gasteiger partial charge in [-0.2, -0.15) is 0 Å². The summed E-state index contributed by atoms with van der Waals surface area (Å²) in [6.07, 6.45) is 2.39. The number of ether oxygens (including phenoxy) is 1. The van der Waals surface area contributed by atoms with E-state index in [0.29, 0.717) is 12.1 Å². The summed E-state index contributed by atoms with van der Waals surface area (Å²) in [6.45, 7) is 11.7. The molecule has 5 heteroatoms. The lowest BCUT2D eigenvalue weighted by atomic mass is 10.0. The smallest absolute Gasteiger partial charge is 0.191 e. The minimum atomic E-state index is 0.0724. The van der Waals surface area contributed by atoms with Crippen LogP contribution >= 0.6 is 0 Å². The average molecular weight is 347 g/mol. The van der Waals surface area contributed by atoms with E-state index in [1.54, 1.807) is 0 Å². The maximum Gasteiger partial charge on any atom is 0.191 e. The van der Waals surface area contributed by atoms with Crippen molar-refractivity contribution in [1.82, 2.24) is 15.5 Å². The Hall–Kier alpha value is -1.75. The Morgan fingerprint density at radius 2 is 2.00 bits per heavy atom. The molecule has 0 amide bonds. The van der Waals surface area contributed by atoms with Crippen molar-refractivity contribution in [1.29, 1.82) is 0 Å². The van der Waals surface area contributed by atoms with Crippen molar-refractivity contribution >= 4 is 5.96 Å². The minimum Gasteiger partial charge on any atom is -0.489 e. The Morgan fingerprint density at radius 3 is 2.60 bits per heavy atom. The number of likely N-dealkylation sites (tertiary alicyclic amines) is 1. The largest absolute Gasteiger partial charge is 0.489 e. The van der Waals surface area contributed by atoms with Gasteiger partial charge in [0, 0.05) is 32.2 Å². The van der Waals surface area contributed by atoms with Crippen LogP contribution in [-0.4, -0.2) is 55.7 Å². The van der Waals surface area contributed by atoms with Crippen molar-refractivity contribution in [3.8, 4) is 5.75 Å². The molecule has 1 heterocycles. The van der Waals surface area contributed by atoms with E-state index in [4.69, 9.17) is 4.74 Å². The molecule has 2 rings (SSSR count). The molecule has 1 aromatic carbocycles. The molecule has 140 valence electrons. The molecule has 5 nitrogen and oxygen atoms in total. The lowest BCUT2D eigenvalue weighted by Gasteiger charge is -2.35. The van der Waals surface area contributed by atoms with Gasteiger partial charge in [-0.1, -0.05) is 12.1 Å². The molecule has 1 aliphatic heterocycles. The first kappa shape index (κ1) is 19.6. The molecule has 1 fully saturated rings. The summed E-state index contributed by atoms with van der Waals surface area (Å²) in [5, 5.41) is 6.94. The van der Waals surface area contributed by atoms with Crippen LogP contribution in [0.5, 0.6) is 5.75 Å². The lowest BCUT2D eigenvalue weighted by Crippen LogP contribution is -2.50. The van der Waals surface area contributed by atoms with Crippen LogP contribution in [0.25, 0.3) is 0 Å². The van der Waals surface area contributed by atoms with E-state index in [1.807, 2.05) is 19.2 Å². The number of aliphatic imine (C=N–C) groups is 1. The molecule has 0 bridgehead atoms. The number of nitrogens with one attached hydrogen (secondary N) is 2. The van der Waals surface area contributed by atoms with Gasteiger partial charge in [0.25, 0.3) is 0 Å². The van der Waals surface area contributed by atoms with E-state index in [1.165, 1.54) is 5.56 Å². The van der Waals surface area contributed by atoms with Crippen molar-refractivity contribution in [2.45, 2.75) is 58.7 Å². The van der Waals surface area contributed by atoms with Crippen molar-refractivity contribution in [3.63, 3.8) is 0 Å². The third-order valence-electron chi connectivity index (χ3n) is 4.71. The number of guanidine groups is 1. The fourth-order valence-electron chi connectivity index (χ4n) is 3.15. The van der Waals surface area contributed by atoms with Gasteiger partial charge in [0.2, 0.25) is 0 Å². The summed E-state index contributed by atoms with van der Waals surface area (Å²) in [4.78, 5) is 6.89. The minimum absolute atomic E-state index is 0.0724. The van der Waals surface area contributed by atoms with Crippen LogP contribution < -0.4 is 15.4 Å². The van der Waals surface area contributed by atoms with Gasteiger partial charge in [-0.3, -0.25) is 4.99 Å². The van der Waals surface area contributed by atoms with E-state index >= 15 is 0 Å². The summed E-state index contributed by atoms with van der Waals surface area (Å²) in [5.41, 5.74) is 1.21. The summed E-state index contributed by atoms with van der Waals surface area (Å²) >= 11 is 0. The predicted octanol–water partition coefficient (Wildman–Crippen LogP) is 2.80. The fourth-order valence-corrected chi connectivity index (χ4v) is 3.15. The Bertz CT molecular complexity index is 550. The fraction of sp³-hybridized carbons (Fsp3) is 0.650. The first-order valence-electron chi connectivity index (χ1n) is 9.42. The van der Waals surface area contributed by atoms with E-state index in [-0.39, 0.29) is 6.10 Å². The second-order valence-electron chi connectivity index (χ2n) is 7.25. The maximum absolute atomic E-state index is 5.97. The van der Waals surface area contributed by atoms with Crippen molar-refractivity contribution in [2.75, 3.05) is 26.7 Å². The van der Waals surface area contributed by atoms with Crippen LogP contribution in [0.15, 0.2) is 29.3 Å². The van der Waals surface area contributed by atoms with Crippen molar-refractivity contribution in [2.24, 2.45) is 4.99 Å². The summed E-state index contributed by atoms with van der Waals surface area (Å²) in [7, 11) is 1.82. The second-order valence-corrected chi connectivity index (χ2v) is 7.25. The number of hydrogen-bond donors (Lipinski definition) is 2. The molecule has 1 aromatic rings. The average Bonchev–Trinajstić information content (AvgIpc) is 2.59. The number of benzene rings is 1. The SMILES string of the molecule is CN=C(NCC(C)Oc1cccc(C)c1)NC1CCN(C(C)C)CC1. The van der Waals surface area contributed by atoms with Crippen molar-refractivity contribution in [3.05, 3.63) is 29.8 Å². The molecule has 2 N–H and O–H groups in total. The van der Waals surface area contributed by atoms with Crippen LogP contribution in [0.3, 0.4) is 0 Å². The molecule has 0 radical (unpaired) electrons. The molecular formula is C20H34N4O. The Balaban J connectivity index is 1.73. The number of hydrogen-bond acceptors (Lipinski definition) is 3. The van der Waals surface area contributed by atoms with Gasteiger partial charge in [0.1, 0.15) is 11.9 Å². The number of nitrogens with zero attached hydrogens (tertiary/aromatic N) is 2. The van der Waals surface area contributed by atoms with Crippen LogP contribution in [0.4, 0.5) is 0 Å². The number of aryl methyl sites for hydroxylation is 1. The standard InChI is InChI=1S/C20H34N4O/c1-15(2)24-11-9-18(10-12-24)23-20(21-5)22-14-17(4)25-19-8-6-7-16(3)13-19/h6-8,13,15,17-18H,9-12,14H2,1-5H3,(H2,21,22,23). The molecular weight excluding hydrogens is 312 g/mol. The van der Waals surface area contributed by atoms with Crippen LogP contribution in [0.1, 0.15) is 39.2 Å². The Kier molecular flexibility index (Phi) is 7.56. The predicted molar refractivity (Wildman–Crippen MR) is 105 cm³/mol. The third-order valence-corrected chi connectivity index (χ3v) is 4.71. The van der Waals surface area contributed by atoms with Crippen LogP contribution in [-0.2, 0) is 0 Å². The molecule has 1 unspecified atom stereocenters. The summed E-state index contributed by atoms with van der Waals surface area (Å²) in [5.74, 6) is 1.78. The van der Waals surface area contributed by atoms with Crippen molar-refractivity contribution < 1.29 is 4.74 Å². The monoisotopic (exact) mass is 346 g/mol. The Labute approximate surface area is 152 Å². The normalized spacial score (nSPS) is 18.2. The topological polar surface area (TPSA) is 48.9 Å². The number of piperidine rings is 1. The van der Waals surface area contributed by atoms with E-state index in [0.717, 1.165) is 44.2 Å². The molecule has 1 atom stereocenters. The second kappa shape index (κ2) is 9.66. The molecule has 25 heavy (non-hydrogen) atoms. The van der Waals surface area contributed by atoms with Crippen LogP contribution in [0, 0.1) is 6.92 Å². The zero-order valence-electron chi connectivity index (χ0n) is 16.4. The molecule has 1 aliphatic rings. The first-order chi connectivity index (χ1) is 12.0. The molecule has 0 aromatic heterocycles. The van der Waals surface area contributed by atoms with E-state index in [2.05, 4.69) is 60.4 Å². The van der Waals surface area contributed by atoms with Gasteiger partial charge < -0.3 is 20.3 Å². The van der Waals surface area contributed by atoms with E-state index < -0.39 is 0 Å².